The predicted octanol–water partition coefficient (Wildman–Crippen LogP) is 3.67. The lowest BCUT2D eigenvalue weighted by Gasteiger charge is -2.12. The fraction of sp³-hybridized carbons (Fsp3) is 0.238. The molecule has 3 rings (SSSR count). The summed E-state index contributed by atoms with van der Waals surface area (Å²) in [6.45, 7) is 2.48. The summed E-state index contributed by atoms with van der Waals surface area (Å²) in [6.07, 6.45) is 4.58. The van der Waals surface area contributed by atoms with E-state index >= 15 is 0 Å². The van der Waals surface area contributed by atoms with Crippen molar-refractivity contribution in [3.05, 3.63) is 77.4 Å². The number of hydrogen-bond donors (Lipinski definition) is 1. The Kier molecular flexibility index (Phi) is 4.61. The van der Waals surface area contributed by atoms with E-state index in [2.05, 4.69) is 5.32 Å². The molecule has 3 nitrogen and oxygen atoms in total. The van der Waals surface area contributed by atoms with E-state index in [4.69, 9.17) is 0 Å². The van der Waals surface area contributed by atoms with Gasteiger partial charge in [-0.15, -0.1) is 0 Å². The maximum absolute atomic E-state index is 12.5. The molecule has 0 radical (unpaired) electrons. The highest BCUT2D eigenvalue weighted by Gasteiger charge is 2.54. The third kappa shape index (κ3) is 3.62. The first-order valence-electron chi connectivity index (χ1n) is 8.22. The van der Waals surface area contributed by atoms with Crippen LogP contribution in [0.5, 0.6) is 0 Å². The largest absolute Gasteiger partial charge is 0.351 e. The van der Waals surface area contributed by atoms with E-state index in [1.807, 2.05) is 61.5 Å². The lowest BCUT2D eigenvalue weighted by atomic mass is 9.98. The van der Waals surface area contributed by atoms with Gasteiger partial charge in [-0.1, -0.05) is 66.2 Å². The van der Waals surface area contributed by atoms with Crippen LogP contribution in [0.2, 0.25) is 0 Å². The molecule has 0 aliphatic heterocycles. The zero-order valence-corrected chi connectivity index (χ0v) is 13.8. The molecule has 0 bridgehead atoms. The highest BCUT2D eigenvalue weighted by molar-refractivity contribution is 6.14. The number of amides is 1. The highest BCUT2D eigenvalue weighted by Crippen LogP contribution is 2.47. The van der Waals surface area contributed by atoms with Crippen molar-refractivity contribution >= 4 is 17.8 Å². The highest BCUT2D eigenvalue weighted by atomic mass is 16.2. The Bertz CT molecular complexity index is 756. The summed E-state index contributed by atoms with van der Waals surface area (Å²) >= 11 is 0. The van der Waals surface area contributed by atoms with E-state index in [-0.39, 0.29) is 11.7 Å². The molecule has 0 spiro atoms. The van der Waals surface area contributed by atoms with Gasteiger partial charge in [0.1, 0.15) is 5.41 Å². The first-order valence-corrected chi connectivity index (χ1v) is 8.22. The summed E-state index contributed by atoms with van der Waals surface area (Å²) in [4.78, 5) is 24.9. The smallest absolute Gasteiger partial charge is 0.234 e. The third-order valence-corrected chi connectivity index (χ3v) is 4.46. The molecule has 0 aromatic heterocycles. The van der Waals surface area contributed by atoms with Crippen LogP contribution in [0.1, 0.15) is 29.5 Å². The monoisotopic (exact) mass is 319 g/mol. The second-order valence-corrected chi connectivity index (χ2v) is 6.36. The van der Waals surface area contributed by atoms with Gasteiger partial charge in [0.05, 0.1) is 0 Å². The van der Waals surface area contributed by atoms with Gasteiger partial charge in [-0.2, -0.15) is 0 Å². The van der Waals surface area contributed by atoms with Crippen molar-refractivity contribution in [2.75, 3.05) is 0 Å². The molecule has 122 valence electrons. The molecule has 1 fully saturated rings. The minimum Gasteiger partial charge on any atom is -0.351 e. The molecule has 24 heavy (non-hydrogen) atoms. The SMILES string of the molecule is Cc1ccc(/C=C/C(=O)C2(C(=O)NCc3ccccc3)CC2)cc1. The minimum atomic E-state index is -0.851. The molecule has 0 heterocycles. The molecule has 1 aliphatic rings. The van der Waals surface area contributed by atoms with Crippen molar-refractivity contribution in [2.24, 2.45) is 5.41 Å². The number of ketones is 1. The standard InChI is InChI=1S/C21H21NO2/c1-16-7-9-17(10-8-16)11-12-19(23)21(13-14-21)20(24)22-15-18-5-3-2-4-6-18/h2-12H,13-15H2,1H3,(H,22,24)/b12-11+. The number of carbonyl (C=O) groups excluding carboxylic acids is 2. The fourth-order valence-electron chi connectivity index (χ4n) is 2.67. The van der Waals surface area contributed by atoms with Crippen LogP contribution in [0.3, 0.4) is 0 Å². The Labute approximate surface area is 142 Å². The molecular formula is C21H21NO2. The Hall–Kier alpha value is -2.68. The van der Waals surface area contributed by atoms with Gasteiger partial charge in [-0.25, -0.2) is 0 Å². The van der Waals surface area contributed by atoms with Crippen molar-refractivity contribution in [1.29, 1.82) is 0 Å². The van der Waals surface area contributed by atoms with Crippen LogP contribution in [0.15, 0.2) is 60.7 Å². The fourth-order valence-corrected chi connectivity index (χ4v) is 2.67. The Morgan fingerprint density at radius 3 is 2.33 bits per heavy atom. The molecule has 0 unspecified atom stereocenters. The van der Waals surface area contributed by atoms with Gasteiger partial charge < -0.3 is 5.32 Å². The van der Waals surface area contributed by atoms with Crippen molar-refractivity contribution in [3.63, 3.8) is 0 Å². The molecule has 1 aliphatic carbocycles. The third-order valence-electron chi connectivity index (χ3n) is 4.46. The maximum atomic E-state index is 12.5. The maximum Gasteiger partial charge on any atom is 0.234 e. The van der Waals surface area contributed by atoms with E-state index in [0.717, 1.165) is 11.1 Å². The van der Waals surface area contributed by atoms with Gasteiger partial charge in [0.2, 0.25) is 5.91 Å². The molecule has 0 saturated heterocycles. The summed E-state index contributed by atoms with van der Waals surface area (Å²) in [6, 6.07) is 17.7. The first-order chi connectivity index (χ1) is 11.6. The number of carbonyl (C=O) groups is 2. The average Bonchev–Trinajstić information content (AvgIpc) is 3.42. The number of hydrogen-bond acceptors (Lipinski definition) is 2. The van der Waals surface area contributed by atoms with Gasteiger partial charge in [0, 0.05) is 6.54 Å². The second kappa shape index (κ2) is 6.83. The molecule has 1 amide bonds. The van der Waals surface area contributed by atoms with Crippen LogP contribution < -0.4 is 5.32 Å². The van der Waals surface area contributed by atoms with Crippen molar-refractivity contribution in [1.82, 2.24) is 5.32 Å². The number of benzene rings is 2. The van der Waals surface area contributed by atoms with Gasteiger partial charge >= 0.3 is 0 Å². The Morgan fingerprint density at radius 2 is 1.71 bits per heavy atom. The molecule has 0 atom stereocenters. The minimum absolute atomic E-state index is 0.103. The number of rotatable bonds is 6. The first kappa shape index (κ1) is 16.2. The lowest BCUT2D eigenvalue weighted by Crippen LogP contribution is -2.36. The molecular weight excluding hydrogens is 298 g/mol. The predicted molar refractivity (Wildman–Crippen MR) is 95.2 cm³/mol. The van der Waals surface area contributed by atoms with Crippen molar-refractivity contribution < 1.29 is 9.59 Å². The zero-order chi connectivity index (χ0) is 17.0. The van der Waals surface area contributed by atoms with Crippen molar-refractivity contribution in [3.8, 4) is 0 Å². The quantitative estimate of drug-likeness (QED) is 0.652. The van der Waals surface area contributed by atoms with Crippen LogP contribution in [-0.4, -0.2) is 11.7 Å². The van der Waals surface area contributed by atoms with E-state index in [0.29, 0.717) is 19.4 Å². The normalized spacial score (nSPS) is 15.2. The van der Waals surface area contributed by atoms with Crippen LogP contribution in [0, 0.1) is 12.3 Å². The van der Waals surface area contributed by atoms with Crippen LogP contribution in [0.25, 0.3) is 6.08 Å². The molecule has 2 aromatic rings. The topological polar surface area (TPSA) is 46.2 Å². The van der Waals surface area contributed by atoms with Crippen LogP contribution >= 0.6 is 0 Å². The lowest BCUT2D eigenvalue weighted by molar-refractivity contribution is -0.133. The second-order valence-electron chi connectivity index (χ2n) is 6.36. The van der Waals surface area contributed by atoms with E-state index in [9.17, 15) is 9.59 Å². The van der Waals surface area contributed by atoms with Gasteiger partial charge in [0.25, 0.3) is 0 Å². The van der Waals surface area contributed by atoms with E-state index in [1.165, 1.54) is 5.56 Å². The Morgan fingerprint density at radius 1 is 1.04 bits per heavy atom. The van der Waals surface area contributed by atoms with Crippen LogP contribution in [-0.2, 0) is 16.1 Å². The summed E-state index contributed by atoms with van der Waals surface area (Å²) in [5, 5.41) is 2.89. The van der Waals surface area contributed by atoms with E-state index < -0.39 is 5.41 Å². The molecule has 1 N–H and O–H groups in total. The van der Waals surface area contributed by atoms with Crippen LogP contribution in [0.4, 0.5) is 0 Å². The van der Waals surface area contributed by atoms with Gasteiger partial charge in [-0.05, 0) is 37.0 Å². The molecule has 2 aromatic carbocycles. The van der Waals surface area contributed by atoms with Gasteiger partial charge in [0.15, 0.2) is 5.78 Å². The molecule has 1 saturated carbocycles. The Balaban J connectivity index is 1.61. The van der Waals surface area contributed by atoms with Crippen molar-refractivity contribution in [2.45, 2.75) is 26.3 Å². The van der Waals surface area contributed by atoms with Gasteiger partial charge in [-0.3, -0.25) is 9.59 Å². The number of aryl methyl sites for hydroxylation is 1. The summed E-state index contributed by atoms with van der Waals surface area (Å²) in [7, 11) is 0. The van der Waals surface area contributed by atoms with E-state index in [1.54, 1.807) is 12.2 Å². The zero-order valence-electron chi connectivity index (χ0n) is 13.8. The average molecular weight is 319 g/mol. The molecule has 3 heteroatoms. The number of allylic oxidation sites excluding steroid dienone is 1. The summed E-state index contributed by atoms with van der Waals surface area (Å²) < 4.78 is 0. The number of nitrogens with one attached hydrogen (secondary N) is 1. The summed E-state index contributed by atoms with van der Waals surface area (Å²) in [5.41, 5.74) is 2.33. The summed E-state index contributed by atoms with van der Waals surface area (Å²) in [5.74, 6) is -0.265.